The number of aromatic nitrogens is 3. The molecule has 0 bridgehead atoms. The number of carbonyl (C=O) groups excluding carboxylic acids is 1. The predicted octanol–water partition coefficient (Wildman–Crippen LogP) is 3.55. The first-order chi connectivity index (χ1) is 15.1. The van der Waals surface area contributed by atoms with Crippen LogP contribution in [0.15, 0.2) is 18.5 Å². The van der Waals surface area contributed by atoms with E-state index in [-0.39, 0.29) is 38.9 Å². The molecule has 0 spiro atoms. The molecule has 0 saturated heterocycles. The molecule has 12 heteroatoms. The molecule has 32 heavy (non-hydrogen) atoms. The molecule has 1 fully saturated rings. The van der Waals surface area contributed by atoms with E-state index in [1.807, 2.05) is 0 Å². The predicted molar refractivity (Wildman–Crippen MR) is 116 cm³/mol. The van der Waals surface area contributed by atoms with Gasteiger partial charge in [0.1, 0.15) is 15.6 Å². The van der Waals surface area contributed by atoms with Crippen LogP contribution in [0.4, 0.5) is 8.78 Å². The number of rotatable bonds is 8. The summed E-state index contributed by atoms with van der Waals surface area (Å²) in [6.07, 6.45) is 6.44. The number of sulfone groups is 1. The van der Waals surface area contributed by atoms with Crippen LogP contribution in [0.3, 0.4) is 0 Å². The second-order valence-corrected chi connectivity index (χ2v) is 10.5. The van der Waals surface area contributed by atoms with E-state index < -0.39 is 22.4 Å². The Balaban J connectivity index is 1.75. The van der Waals surface area contributed by atoms with E-state index in [9.17, 15) is 22.0 Å². The number of halogens is 3. The van der Waals surface area contributed by atoms with Gasteiger partial charge in [-0.25, -0.2) is 8.42 Å². The van der Waals surface area contributed by atoms with Crippen molar-refractivity contribution in [3.05, 3.63) is 29.2 Å². The summed E-state index contributed by atoms with van der Waals surface area (Å²) in [4.78, 5) is 16.7. The molecule has 2 aromatic heterocycles. The Labute approximate surface area is 190 Å². The number of ether oxygens (including phenoxy) is 1. The van der Waals surface area contributed by atoms with Crippen molar-refractivity contribution in [2.24, 2.45) is 5.92 Å². The first-order valence-electron chi connectivity index (χ1n) is 10.2. The van der Waals surface area contributed by atoms with Gasteiger partial charge in [-0.05, 0) is 44.6 Å². The molecule has 8 nitrogen and oxygen atoms in total. The van der Waals surface area contributed by atoms with Gasteiger partial charge in [0.15, 0.2) is 5.69 Å². The summed E-state index contributed by atoms with van der Waals surface area (Å²) < 4.78 is 55.0. The average molecular weight is 491 g/mol. The molecule has 0 unspecified atom stereocenters. The van der Waals surface area contributed by atoms with Gasteiger partial charge in [0.25, 0.3) is 5.91 Å². The normalized spacial score (nSPS) is 19.2. The minimum Gasteiger partial charge on any atom is -0.434 e. The monoisotopic (exact) mass is 490 g/mol. The van der Waals surface area contributed by atoms with Crippen molar-refractivity contribution in [2.75, 3.05) is 12.8 Å². The van der Waals surface area contributed by atoms with Crippen LogP contribution in [0.2, 0.25) is 5.02 Å². The Bertz CT molecular complexity index is 1070. The molecular weight excluding hydrogens is 466 g/mol. The molecule has 0 atom stereocenters. The topological polar surface area (TPSA) is 103 Å². The second-order valence-electron chi connectivity index (χ2n) is 7.76. The summed E-state index contributed by atoms with van der Waals surface area (Å²) in [6, 6.07) is 1.29. The van der Waals surface area contributed by atoms with Gasteiger partial charge in [-0.1, -0.05) is 11.6 Å². The van der Waals surface area contributed by atoms with Crippen LogP contribution in [0, 0.1) is 5.92 Å². The van der Waals surface area contributed by atoms with Crippen LogP contribution in [0.1, 0.15) is 43.1 Å². The van der Waals surface area contributed by atoms with Gasteiger partial charge in [-0.2, -0.15) is 13.9 Å². The van der Waals surface area contributed by atoms with E-state index in [1.165, 1.54) is 29.4 Å². The van der Waals surface area contributed by atoms with E-state index in [2.05, 4.69) is 20.1 Å². The third kappa shape index (κ3) is 5.55. The lowest BCUT2D eigenvalue weighted by molar-refractivity contribution is -0.0495. The molecule has 0 aromatic carbocycles. The number of nitrogens with zero attached hydrogens (tertiary/aromatic N) is 3. The third-order valence-electron chi connectivity index (χ3n) is 5.61. The van der Waals surface area contributed by atoms with Gasteiger partial charge in [0.2, 0.25) is 0 Å². The highest BCUT2D eigenvalue weighted by atomic mass is 35.5. The summed E-state index contributed by atoms with van der Waals surface area (Å²) in [5.74, 6) is -0.456. The van der Waals surface area contributed by atoms with Crippen molar-refractivity contribution in [2.45, 2.75) is 51.0 Å². The molecule has 3 rings (SSSR count). The minimum atomic E-state index is -3.05. The number of amides is 1. The van der Waals surface area contributed by atoms with Crippen LogP contribution in [-0.4, -0.2) is 53.8 Å². The van der Waals surface area contributed by atoms with Crippen LogP contribution in [-0.2, 0) is 16.4 Å². The number of carbonyl (C=O) groups is 1. The maximum atomic E-state index is 12.8. The summed E-state index contributed by atoms with van der Waals surface area (Å²) in [6.45, 7) is -0.555. The van der Waals surface area contributed by atoms with Gasteiger partial charge in [0, 0.05) is 31.7 Å². The zero-order chi connectivity index (χ0) is 23.5. The molecule has 0 radical (unpaired) electrons. The first-order valence-corrected chi connectivity index (χ1v) is 12.6. The quantitative estimate of drug-likeness (QED) is 0.607. The number of nitrogens with one attached hydrogen (secondary N) is 1. The molecular formula is C20H25ClF2N4O4S. The summed E-state index contributed by atoms with van der Waals surface area (Å²) in [5.41, 5.74) is 0.433. The highest BCUT2D eigenvalue weighted by Gasteiger charge is 2.29. The number of hydrogen-bond donors (Lipinski definition) is 1. The molecule has 1 saturated carbocycles. The average Bonchev–Trinajstić information content (AvgIpc) is 3.08. The zero-order valence-electron chi connectivity index (χ0n) is 17.7. The van der Waals surface area contributed by atoms with E-state index in [0.717, 1.165) is 0 Å². The lowest BCUT2D eigenvalue weighted by Crippen LogP contribution is -2.34. The fraction of sp³-hybridized carbons (Fsp3) is 0.550. The molecule has 0 aliphatic heterocycles. The first kappa shape index (κ1) is 24.4. The Morgan fingerprint density at radius 3 is 2.62 bits per heavy atom. The highest BCUT2D eigenvalue weighted by molar-refractivity contribution is 7.91. The van der Waals surface area contributed by atoms with Gasteiger partial charge in [-0.15, -0.1) is 0 Å². The van der Waals surface area contributed by atoms with Crippen molar-refractivity contribution >= 4 is 27.3 Å². The maximum absolute atomic E-state index is 12.8. The van der Waals surface area contributed by atoms with E-state index >= 15 is 0 Å². The number of hydrogen-bond acceptors (Lipinski definition) is 6. The summed E-state index contributed by atoms with van der Waals surface area (Å²) in [5, 5.41) is 6.75. The SMILES string of the molecule is CCn1nc(C(=O)NCC2CCC(S(C)(=O)=O)CC2)c(Cl)c1-c1cnccc1OC(F)F. The Kier molecular flexibility index (Phi) is 7.71. The van der Waals surface area contributed by atoms with Gasteiger partial charge < -0.3 is 10.1 Å². The van der Waals surface area contributed by atoms with Crippen LogP contribution in [0.5, 0.6) is 5.75 Å². The minimum absolute atomic E-state index is 0.0113. The molecule has 176 valence electrons. The van der Waals surface area contributed by atoms with Gasteiger partial charge in [0.05, 0.1) is 21.5 Å². The molecule has 2 aromatic rings. The lowest BCUT2D eigenvalue weighted by atomic mass is 9.89. The van der Waals surface area contributed by atoms with Crippen molar-refractivity contribution in [1.82, 2.24) is 20.1 Å². The van der Waals surface area contributed by atoms with E-state index in [1.54, 1.807) is 6.92 Å². The largest absolute Gasteiger partial charge is 0.434 e. The Morgan fingerprint density at radius 1 is 1.34 bits per heavy atom. The third-order valence-corrected chi connectivity index (χ3v) is 7.65. The van der Waals surface area contributed by atoms with Crippen LogP contribution < -0.4 is 10.1 Å². The molecule has 1 amide bonds. The van der Waals surface area contributed by atoms with Crippen LogP contribution in [0.25, 0.3) is 11.3 Å². The van der Waals surface area contributed by atoms with Crippen molar-refractivity contribution in [3.63, 3.8) is 0 Å². The number of alkyl halides is 2. The zero-order valence-corrected chi connectivity index (χ0v) is 19.3. The van der Waals surface area contributed by atoms with Crippen LogP contribution >= 0.6 is 11.6 Å². The smallest absolute Gasteiger partial charge is 0.387 e. The summed E-state index contributed by atoms with van der Waals surface area (Å²) >= 11 is 6.46. The molecule has 2 heterocycles. The standard InChI is InChI=1S/C20H25ClF2N4O4S/c1-3-27-18(14-11-24-9-8-15(14)31-20(22)23)16(21)17(26-27)19(28)25-10-12-4-6-13(7-5-12)32(2,29)30/h8-9,11-13,20H,3-7,10H2,1-2H3,(H,25,28). The van der Waals surface area contributed by atoms with Gasteiger partial charge in [-0.3, -0.25) is 14.5 Å². The fourth-order valence-corrected chi connectivity index (χ4v) is 5.37. The molecule has 1 aliphatic rings. The maximum Gasteiger partial charge on any atom is 0.387 e. The number of aryl methyl sites for hydroxylation is 1. The molecule has 1 N–H and O–H groups in total. The lowest BCUT2D eigenvalue weighted by Gasteiger charge is -2.27. The van der Waals surface area contributed by atoms with Crippen molar-refractivity contribution in [1.29, 1.82) is 0 Å². The fourth-order valence-electron chi connectivity index (χ4n) is 3.91. The Hall–Kier alpha value is -2.27. The summed E-state index contributed by atoms with van der Waals surface area (Å²) in [7, 11) is -3.05. The van der Waals surface area contributed by atoms with Crippen molar-refractivity contribution < 1.29 is 26.7 Å². The number of pyridine rings is 1. The van der Waals surface area contributed by atoms with Gasteiger partial charge >= 0.3 is 6.61 Å². The highest BCUT2D eigenvalue weighted by Crippen LogP contribution is 2.37. The van der Waals surface area contributed by atoms with E-state index in [0.29, 0.717) is 38.8 Å². The second kappa shape index (κ2) is 10.1. The van der Waals surface area contributed by atoms with Crippen molar-refractivity contribution in [3.8, 4) is 17.0 Å². The van der Waals surface area contributed by atoms with E-state index in [4.69, 9.17) is 11.6 Å². The molecule has 1 aliphatic carbocycles. The Morgan fingerprint density at radius 2 is 2.03 bits per heavy atom.